The molecule has 0 aromatic heterocycles. The van der Waals surface area contributed by atoms with Crippen LogP contribution in [-0.4, -0.2) is 68.1 Å². The van der Waals surface area contributed by atoms with Crippen molar-refractivity contribution in [1.29, 1.82) is 0 Å². The van der Waals surface area contributed by atoms with E-state index in [0.717, 1.165) is 0 Å². The van der Waals surface area contributed by atoms with Crippen molar-refractivity contribution in [3.63, 3.8) is 0 Å². The van der Waals surface area contributed by atoms with E-state index in [1.807, 2.05) is 0 Å². The van der Waals surface area contributed by atoms with E-state index >= 15 is 0 Å². The van der Waals surface area contributed by atoms with Gasteiger partial charge in [0, 0.05) is 37.8 Å². The van der Waals surface area contributed by atoms with Gasteiger partial charge in [0.2, 0.25) is 5.91 Å². The fourth-order valence-electron chi connectivity index (χ4n) is 2.53. The number of benzene rings is 1. The lowest BCUT2D eigenvalue weighted by atomic mass is 10.1. The number of ether oxygens (including phenoxy) is 2. The minimum atomic E-state index is -0.514. The second kappa shape index (κ2) is 8.75. The molecule has 1 saturated heterocycles. The Hall–Kier alpha value is -1.99. The summed E-state index contributed by atoms with van der Waals surface area (Å²) in [4.78, 5) is 27.9. The second-order valence-electron chi connectivity index (χ2n) is 5.51. The number of nitrogens with zero attached hydrogens (tertiary/aromatic N) is 2. The molecule has 2 rings (SSSR count). The Morgan fingerprint density at radius 1 is 1.00 bits per heavy atom. The van der Waals surface area contributed by atoms with Crippen LogP contribution in [0.3, 0.4) is 0 Å². The summed E-state index contributed by atoms with van der Waals surface area (Å²) < 4.78 is 10.4. The average Bonchev–Trinajstić information content (AvgIpc) is 2.59. The van der Waals surface area contributed by atoms with Crippen LogP contribution in [0.2, 0.25) is 0 Å². The van der Waals surface area contributed by atoms with Gasteiger partial charge in [-0.05, 0) is 19.1 Å². The largest absolute Gasteiger partial charge is 0.497 e. The number of methoxy groups -OCH3 is 2. The van der Waals surface area contributed by atoms with Gasteiger partial charge >= 0.3 is 0 Å². The molecule has 134 valence electrons. The van der Waals surface area contributed by atoms with Crippen molar-refractivity contribution in [2.45, 2.75) is 13.0 Å². The summed E-state index contributed by atoms with van der Waals surface area (Å²) in [5.74, 6) is 0.951. The Morgan fingerprint density at radius 3 is 1.88 bits per heavy atom. The molecule has 0 spiro atoms. The van der Waals surface area contributed by atoms with Crippen molar-refractivity contribution in [3.05, 3.63) is 23.8 Å². The molecule has 2 amide bonds. The lowest BCUT2D eigenvalue weighted by Crippen LogP contribution is -2.53. The molecule has 0 bridgehead atoms. The van der Waals surface area contributed by atoms with Gasteiger partial charge in [0.15, 0.2) is 0 Å². The van der Waals surface area contributed by atoms with E-state index in [0.29, 0.717) is 43.2 Å². The van der Waals surface area contributed by atoms with Crippen molar-refractivity contribution in [3.8, 4) is 11.5 Å². The third-order valence-electron chi connectivity index (χ3n) is 3.87. The van der Waals surface area contributed by atoms with E-state index < -0.39 is 6.04 Å². The van der Waals surface area contributed by atoms with Crippen molar-refractivity contribution < 1.29 is 19.1 Å². The smallest absolute Gasteiger partial charge is 0.254 e. The number of hydrogen-bond donors (Lipinski definition) is 1. The molecule has 7 nitrogen and oxygen atoms in total. The van der Waals surface area contributed by atoms with Crippen LogP contribution in [0.25, 0.3) is 0 Å². The first-order valence-corrected chi connectivity index (χ1v) is 7.53. The maximum Gasteiger partial charge on any atom is 0.254 e. The van der Waals surface area contributed by atoms with Crippen LogP contribution in [0.15, 0.2) is 18.2 Å². The monoisotopic (exact) mass is 357 g/mol. The fourth-order valence-corrected chi connectivity index (χ4v) is 2.53. The molecule has 2 N–H and O–H groups in total. The zero-order chi connectivity index (χ0) is 17.0. The van der Waals surface area contributed by atoms with E-state index in [2.05, 4.69) is 0 Å². The maximum absolute atomic E-state index is 12.6. The minimum Gasteiger partial charge on any atom is -0.497 e. The van der Waals surface area contributed by atoms with Gasteiger partial charge in [-0.25, -0.2) is 0 Å². The molecule has 1 aliphatic heterocycles. The molecule has 0 saturated carbocycles. The zero-order valence-corrected chi connectivity index (χ0v) is 15.0. The number of hydrogen-bond acceptors (Lipinski definition) is 5. The molecule has 0 unspecified atom stereocenters. The Kier molecular flexibility index (Phi) is 7.31. The van der Waals surface area contributed by atoms with Gasteiger partial charge < -0.3 is 25.0 Å². The van der Waals surface area contributed by atoms with E-state index in [-0.39, 0.29) is 24.2 Å². The lowest BCUT2D eigenvalue weighted by Gasteiger charge is -2.35. The summed E-state index contributed by atoms with van der Waals surface area (Å²) in [5, 5.41) is 0. The molecule has 1 fully saturated rings. The van der Waals surface area contributed by atoms with Crippen LogP contribution in [0.5, 0.6) is 11.5 Å². The van der Waals surface area contributed by atoms with Crippen LogP contribution in [0.4, 0.5) is 0 Å². The van der Waals surface area contributed by atoms with Gasteiger partial charge in [-0.3, -0.25) is 9.59 Å². The Bertz CT molecular complexity index is 564. The van der Waals surface area contributed by atoms with E-state index in [1.165, 1.54) is 0 Å². The molecule has 0 aliphatic carbocycles. The third kappa shape index (κ3) is 4.52. The first-order valence-electron chi connectivity index (χ1n) is 7.53. The number of carbonyl (C=O) groups is 2. The quantitative estimate of drug-likeness (QED) is 0.859. The molecule has 1 heterocycles. The molecule has 24 heavy (non-hydrogen) atoms. The normalized spacial score (nSPS) is 15.3. The highest BCUT2D eigenvalue weighted by Crippen LogP contribution is 2.23. The van der Waals surface area contributed by atoms with E-state index in [9.17, 15) is 9.59 Å². The summed E-state index contributed by atoms with van der Waals surface area (Å²) >= 11 is 0. The van der Waals surface area contributed by atoms with Crippen LogP contribution < -0.4 is 15.2 Å². The number of amides is 2. The maximum atomic E-state index is 12.6. The third-order valence-corrected chi connectivity index (χ3v) is 3.87. The van der Waals surface area contributed by atoms with Gasteiger partial charge in [0.05, 0.1) is 20.3 Å². The van der Waals surface area contributed by atoms with E-state index in [1.54, 1.807) is 49.1 Å². The van der Waals surface area contributed by atoms with Crippen molar-refractivity contribution in [1.82, 2.24) is 9.80 Å². The average molecular weight is 358 g/mol. The summed E-state index contributed by atoms with van der Waals surface area (Å²) in [6, 6.07) is 4.57. The summed E-state index contributed by atoms with van der Waals surface area (Å²) in [7, 11) is 3.09. The molecule has 1 aromatic rings. The SMILES string of the molecule is COc1cc(OC)cc(C(=O)N2CCN(C(=O)[C@@H](C)N)CC2)c1.Cl. The first-order chi connectivity index (χ1) is 11.0. The molecular weight excluding hydrogens is 334 g/mol. The molecule has 8 heteroatoms. The zero-order valence-electron chi connectivity index (χ0n) is 14.2. The van der Waals surface area contributed by atoms with Gasteiger partial charge in [-0.15, -0.1) is 12.4 Å². The number of piperazine rings is 1. The Labute approximate surface area is 148 Å². The number of nitrogens with two attached hydrogens (primary N) is 1. The van der Waals surface area contributed by atoms with Gasteiger partial charge in [0.1, 0.15) is 11.5 Å². The Balaban J connectivity index is 0.00000288. The van der Waals surface area contributed by atoms with Crippen molar-refractivity contribution in [2.75, 3.05) is 40.4 Å². The highest BCUT2D eigenvalue weighted by Gasteiger charge is 2.26. The Morgan fingerprint density at radius 2 is 1.46 bits per heavy atom. The van der Waals surface area contributed by atoms with Crippen molar-refractivity contribution >= 4 is 24.2 Å². The van der Waals surface area contributed by atoms with Crippen LogP contribution >= 0.6 is 12.4 Å². The second-order valence-corrected chi connectivity index (χ2v) is 5.51. The van der Waals surface area contributed by atoms with Crippen LogP contribution in [0, 0.1) is 0 Å². The molecule has 1 atom stereocenters. The highest BCUT2D eigenvalue weighted by atomic mass is 35.5. The molecule has 1 aromatic carbocycles. The van der Waals surface area contributed by atoms with Crippen LogP contribution in [-0.2, 0) is 4.79 Å². The van der Waals surface area contributed by atoms with Gasteiger partial charge in [0.25, 0.3) is 5.91 Å². The standard InChI is InChI=1S/C16H23N3O4.ClH/c1-11(17)15(20)18-4-6-19(7-5-18)16(21)12-8-13(22-2)10-14(9-12)23-3;/h8-11H,4-7,17H2,1-3H3;1H/t11-;/m1./s1. The topological polar surface area (TPSA) is 85.1 Å². The lowest BCUT2D eigenvalue weighted by molar-refractivity contribution is -0.133. The first kappa shape index (κ1) is 20.1. The van der Waals surface area contributed by atoms with Gasteiger partial charge in [-0.2, -0.15) is 0 Å². The van der Waals surface area contributed by atoms with Crippen LogP contribution in [0.1, 0.15) is 17.3 Å². The fraction of sp³-hybridized carbons (Fsp3) is 0.500. The predicted octanol–water partition coefficient (Wildman–Crippen LogP) is 0.757. The predicted molar refractivity (Wildman–Crippen MR) is 92.9 cm³/mol. The number of carbonyl (C=O) groups excluding carboxylic acids is 2. The molecular formula is C16H24ClN3O4. The minimum absolute atomic E-state index is 0. The van der Waals surface area contributed by atoms with Gasteiger partial charge in [-0.1, -0.05) is 0 Å². The number of halogens is 1. The summed E-state index contributed by atoms with van der Waals surface area (Å²) in [6.07, 6.45) is 0. The van der Waals surface area contributed by atoms with Crippen molar-refractivity contribution in [2.24, 2.45) is 5.73 Å². The highest BCUT2D eigenvalue weighted by molar-refractivity contribution is 5.95. The molecule has 1 aliphatic rings. The summed E-state index contributed by atoms with van der Waals surface area (Å²) in [5.41, 5.74) is 6.12. The van der Waals surface area contributed by atoms with E-state index in [4.69, 9.17) is 15.2 Å². The molecule has 0 radical (unpaired) electrons. The number of rotatable bonds is 4. The summed E-state index contributed by atoms with van der Waals surface area (Å²) in [6.45, 7) is 3.62.